The third-order valence-corrected chi connectivity index (χ3v) is 5.39. The van der Waals surface area contributed by atoms with Gasteiger partial charge in [-0.1, -0.05) is 6.08 Å². The first kappa shape index (κ1) is 19.7. The molecule has 0 unspecified atom stereocenters. The summed E-state index contributed by atoms with van der Waals surface area (Å²) in [6, 6.07) is 2.66. The number of aromatic carboxylic acids is 1. The van der Waals surface area contributed by atoms with Crippen molar-refractivity contribution in [2.75, 3.05) is 0 Å². The number of hydrogen-bond donors (Lipinski definition) is 2. The molecule has 2 N–H and O–H groups in total. The number of carboxylic acid groups (broad SMARTS) is 1. The highest BCUT2D eigenvalue weighted by Gasteiger charge is 2.33. The number of rotatable bonds is 4. The first-order valence-electron chi connectivity index (χ1n) is 8.44. The molecule has 0 aliphatic heterocycles. The van der Waals surface area contributed by atoms with Crippen LogP contribution in [0, 0.1) is 0 Å². The highest BCUT2D eigenvalue weighted by Crippen LogP contribution is 2.35. The van der Waals surface area contributed by atoms with Gasteiger partial charge < -0.3 is 14.7 Å². The summed E-state index contributed by atoms with van der Waals surface area (Å²) < 4.78 is 41.7. The van der Waals surface area contributed by atoms with Gasteiger partial charge >= 0.3 is 17.8 Å². The van der Waals surface area contributed by atoms with Gasteiger partial charge in [-0.2, -0.15) is 13.2 Å². The summed E-state index contributed by atoms with van der Waals surface area (Å²) in [6.07, 6.45) is -3.34. The molecule has 0 aliphatic carbocycles. The Labute approximate surface area is 168 Å². The molecule has 0 fully saturated rings. The quantitative estimate of drug-likeness (QED) is 0.479. The molecule has 0 amide bonds. The number of carboxylic acids is 1. The van der Waals surface area contributed by atoms with E-state index in [1.807, 2.05) is 0 Å². The third kappa shape index (κ3) is 2.86. The summed E-state index contributed by atoms with van der Waals surface area (Å²) in [5, 5.41) is 12.7. The Bertz CT molecular complexity index is 1460. The third-order valence-electron chi connectivity index (χ3n) is 4.64. The molecule has 1 aromatic carbocycles. The van der Waals surface area contributed by atoms with Crippen molar-refractivity contribution in [2.45, 2.75) is 12.7 Å². The van der Waals surface area contributed by atoms with Crippen molar-refractivity contribution in [2.24, 2.45) is 0 Å². The van der Waals surface area contributed by atoms with Crippen LogP contribution >= 0.6 is 11.3 Å². The second-order valence-electron chi connectivity index (χ2n) is 6.40. The average Bonchev–Trinajstić information content (AvgIpc) is 3.24. The summed E-state index contributed by atoms with van der Waals surface area (Å²) in [7, 11) is 0. The van der Waals surface area contributed by atoms with E-state index in [9.17, 15) is 32.7 Å². The normalized spacial score (nSPS) is 12.0. The molecule has 4 aromatic rings. The number of halogens is 3. The Morgan fingerprint density at radius 3 is 2.60 bits per heavy atom. The SMILES string of the molecule is C=CCn1c(C(=O)O)c(-n2c(=O)[nH]c3cscc3c2=O)c2cc(C(F)(F)F)ccc21. The molecular weight excluding hydrogens is 423 g/mol. The maximum Gasteiger partial charge on any atom is 0.416 e. The number of alkyl halides is 3. The van der Waals surface area contributed by atoms with Gasteiger partial charge in [-0.15, -0.1) is 17.9 Å². The zero-order chi connectivity index (χ0) is 21.8. The zero-order valence-corrected chi connectivity index (χ0v) is 15.8. The number of aromatic amines is 1. The summed E-state index contributed by atoms with van der Waals surface area (Å²) in [5.41, 5.74) is -3.36. The van der Waals surface area contributed by atoms with Gasteiger partial charge in [0.2, 0.25) is 0 Å². The maximum atomic E-state index is 13.3. The van der Waals surface area contributed by atoms with Crippen LogP contribution in [0.4, 0.5) is 13.2 Å². The van der Waals surface area contributed by atoms with E-state index in [-0.39, 0.29) is 28.4 Å². The van der Waals surface area contributed by atoms with Crippen molar-refractivity contribution in [3.8, 4) is 5.69 Å². The monoisotopic (exact) mass is 435 g/mol. The molecule has 154 valence electrons. The van der Waals surface area contributed by atoms with Gasteiger partial charge in [0.25, 0.3) is 5.56 Å². The summed E-state index contributed by atoms with van der Waals surface area (Å²) in [4.78, 5) is 40.2. The van der Waals surface area contributed by atoms with E-state index in [4.69, 9.17) is 0 Å². The molecule has 3 aromatic heterocycles. The predicted octanol–water partition coefficient (Wildman–Crippen LogP) is 3.60. The second kappa shape index (κ2) is 6.73. The second-order valence-corrected chi connectivity index (χ2v) is 7.14. The Kier molecular flexibility index (Phi) is 4.42. The molecule has 0 bridgehead atoms. The van der Waals surface area contributed by atoms with E-state index in [1.54, 1.807) is 0 Å². The minimum absolute atomic E-state index is 0.0587. The average molecular weight is 435 g/mol. The molecule has 4 rings (SSSR count). The smallest absolute Gasteiger partial charge is 0.416 e. The molecule has 0 spiro atoms. The van der Waals surface area contributed by atoms with Gasteiger partial charge in [-0.3, -0.25) is 4.79 Å². The van der Waals surface area contributed by atoms with Crippen LogP contribution in [0.3, 0.4) is 0 Å². The number of nitrogens with one attached hydrogen (secondary N) is 1. The predicted molar refractivity (Wildman–Crippen MR) is 106 cm³/mol. The molecule has 3 heterocycles. The van der Waals surface area contributed by atoms with Gasteiger partial charge in [0.05, 0.1) is 27.7 Å². The first-order valence-corrected chi connectivity index (χ1v) is 9.38. The summed E-state index contributed by atoms with van der Waals surface area (Å²) >= 11 is 1.15. The van der Waals surface area contributed by atoms with E-state index in [1.165, 1.54) is 21.4 Å². The van der Waals surface area contributed by atoms with Crippen LogP contribution in [0.2, 0.25) is 0 Å². The Hall–Kier alpha value is -3.60. The molecule has 0 atom stereocenters. The lowest BCUT2D eigenvalue weighted by Crippen LogP contribution is -2.34. The van der Waals surface area contributed by atoms with Gasteiger partial charge in [0, 0.05) is 22.7 Å². The molecular formula is C19H12F3N3O4S. The molecule has 0 aliphatic rings. The van der Waals surface area contributed by atoms with Gasteiger partial charge in [0.15, 0.2) is 5.69 Å². The van der Waals surface area contributed by atoms with Crippen LogP contribution in [-0.4, -0.2) is 25.2 Å². The van der Waals surface area contributed by atoms with Crippen molar-refractivity contribution < 1.29 is 23.1 Å². The number of fused-ring (bicyclic) bond motifs is 2. The van der Waals surface area contributed by atoms with Crippen molar-refractivity contribution in [1.29, 1.82) is 0 Å². The summed E-state index contributed by atoms with van der Waals surface area (Å²) in [6.45, 7) is 3.48. The number of allylic oxidation sites excluding steroid dienone is 1. The number of H-pyrrole nitrogens is 1. The van der Waals surface area contributed by atoms with Gasteiger partial charge in [0.1, 0.15) is 0 Å². The number of benzene rings is 1. The van der Waals surface area contributed by atoms with Gasteiger partial charge in [-0.05, 0) is 18.2 Å². The molecule has 30 heavy (non-hydrogen) atoms. The van der Waals surface area contributed by atoms with E-state index in [2.05, 4.69) is 11.6 Å². The standard InChI is InChI=1S/C19H12F3N3O4S/c1-2-5-24-13-4-3-9(19(20,21)22)6-10(13)14(15(24)17(27)28)25-16(26)11-7-30-8-12(11)23-18(25)29/h2-4,6-8H,1,5H2,(H,23,29)(H,27,28). The Morgan fingerprint density at radius 1 is 1.23 bits per heavy atom. The summed E-state index contributed by atoms with van der Waals surface area (Å²) in [5.74, 6) is -1.51. The molecule has 0 radical (unpaired) electrons. The largest absolute Gasteiger partial charge is 0.477 e. The molecule has 0 saturated heterocycles. The molecule has 7 nitrogen and oxygen atoms in total. The van der Waals surface area contributed by atoms with Crippen LogP contribution in [0.5, 0.6) is 0 Å². The van der Waals surface area contributed by atoms with Crippen LogP contribution in [0.15, 0.2) is 51.2 Å². The Morgan fingerprint density at radius 2 is 1.97 bits per heavy atom. The van der Waals surface area contributed by atoms with Crippen molar-refractivity contribution in [3.05, 3.63) is 73.7 Å². The highest BCUT2D eigenvalue weighted by atomic mass is 32.1. The minimum Gasteiger partial charge on any atom is -0.477 e. The lowest BCUT2D eigenvalue weighted by atomic mass is 10.1. The van der Waals surface area contributed by atoms with E-state index in [0.717, 1.165) is 29.5 Å². The van der Waals surface area contributed by atoms with Crippen molar-refractivity contribution in [1.82, 2.24) is 14.1 Å². The fraction of sp³-hybridized carbons (Fsp3) is 0.105. The van der Waals surface area contributed by atoms with Crippen molar-refractivity contribution in [3.63, 3.8) is 0 Å². The number of aromatic nitrogens is 3. The zero-order valence-electron chi connectivity index (χ0n) is 15.0. The maximum absolute atomic E-state index is 13.3. The van der Waals surface area contributed by atoms with E-state index in [0.29, 0.717) is 4.57 Å². The van der Waals surface area contributed by atoms with E-state index >= 15 is 0 Å². The van der Waals surface area contributed by atoms with Crippen LogP contribution < -0.4 is 11.2 Å². The van der Waals surface area contributed by atoms with Crippen LogP contribution in [0.1, 0.15) is 16.1 Å². The fourth-order valence-corrected chi connectivity index (χ4v) is 4.18. The number of carbonyl (C=O) groups is 1. The van der Waals surface area contributed by atoms with Crippen molar-refractivity contribution >= 4 is 39.1 Å². The number of thiophene rings is 1. The van der Waals surface area contributed by atoms with E-state index < -0.39 is 40.3 Å². The lowest BCUT2D eigenvalue weighted by Gasteiger charge is -2.08. The van der Waals surface area contributed by atoms with Crippen LogP contribution in [-0.2, 0) is 12.7 Å². The first-order chi connectivity index (χ1) is 14.1. The Balaban J connectivity index is 2.25. The molecule has 0 saturated carbocycles. The highest BCUT2D eigenvalue weighted by molar-refractivity contribution is 7.09. The number of hydrogen-bond acceptors (Lipinski definition) is 4. The fourth-order valence-electron chi connectivity index (χ4n) is 3.42. The minimum atomic E-state index is -4.70. The van der Waals surface area contributed by atoms with Crippen LogP contribution in [0.25, 0.3) is 27.5 Å². The lowest BCUT2D eigenvalue weighted by molar-refractivity contribution is -0.137. The molecule has 11 heteroatoms. The topological polar surface area (TPSA) is 97.1 Å². The number of nitrogens with zero attached hydrogens (tertiary/aromatic N) is 2. The van der Waals surface area contributed by atoms with Gasteiger partial charge in [-0.25, -0.2) is 14.2 Å².